The number of methoxy groups -OCH3 is 2. The van der Waals surface area contributed by atoms with Crippen molar-refractivity contribution in [3.05, 3.63) is 66.8 Å². The maximum atomic E-state index is 12.1. The summed E-state index contributed by atoms with van der Waals surface area (Å²) < 4.78 is 22.8. The Bertz CT molecular complexity index is 1660. The van der Waals surface area contributed by atoms with E-state index in [1.807, 2.05) is 26.2 Å². The minimum atomic E-state index is -0.634. The molecule has 4 aromatic rings. The molecule has 0 aliphatic heterocycles. The Kier molecular flexibility index (Phi) is 18.2. The van der Waals surface area contributed by atoms with Gasteiger partial charge in [-0.1, -0.05) is 23.2 Å². The van der Waals surface area contributed by atoms with Crippen LogP contribution in [0.2, 0.25) is 10.0 Å². The van der Waals surface area contributed by atoms with Crippen LogP contribution in [0.1, 0.15) is 33.6 Å². The largest absolute Gasteiger partial charge is 0.492 e. The van der Waals surface area contributed by atoms with Crippen LogP contribution >= 0.6 is 66.7 Å². The van der Waals surface area contributed by atoms with Gasteiger partial charge < -0.3 is 29.2 Å². The average Bonchev–Trinajstić information content (AvgIpc) is 3.03. The number of halogens is 5. The standard InChI is InChI=1S/C16H18BrClN2O3.C14H12BrCl2NO3.C2H7N/c1-20(2)16(21)11-9-19-13-8-14(23-6-4-5-22-3)12(17)7-10(13)15(11)18;1-20-3-2-4-21-12-6-11-8(5-10(12)15)13(16)9(7-18-11)14(17)19;1-3-2/h7-9H,4-6H2,1-3H3;5-7H,2-4H2,1H3;3H,1-2H3. The molecule has 2 aromatic heterocycles. The van der Waals surface area contributed by atoms with E-state index in [9.17, 15) is 9.59 Å². The van der Waals surface area contributed by atoms with Crippen LogP contribution in [-0.2, 0) is 9.47 Å². The lowest BCUT2D eigenvalue weighted by atomic mass is 10.1. The minimum absolute atomic E-state index is 0.180. The van der Waals surface area contributed by atoms with E-state index in [1.165, 1.54) is 17.3 Å². The van der Waals surface area contributed by atoms with E-state index < -0.39 is 5.24 Å². The zero-order valence-corrected chi connectivity index (χ0v) is 32.3. The Morgan fingerprint density at radius 1 is 0.766 bits per heavy atom. The molecule has 1 N–H and O–H groups in total. The number of nitrogens with one attached hydrogen (secondary N) is 1. The number of rotatable bonds is 12. The molecule has 10 nitrogen and oxygen atoms in total. The number of pyridine rings is 2. The van der Waals surface area contributed by atoms with Crippen LogP contribution in [0.15, 0.2) is 45.6 Å². The third-order valence-electron chi connectivity index (χ3n) is 6.06. The number of hydrogen-bond donors (Lipinski definition) is 1. The second-order valence-electron chi connectivity index (χ2n) is 9.93. The lowest BCUT2D eigenvalue weighted by Crippen LogP contribution is -2.22. The molecule has 2 heterocycles. The number of amides is 1. The maximum Gasteiger partial charge on any atom is 0.256 e. The van der Waals surface area contributed by atoms with Gasteiger partial charge in [0.25, 0.3) is 11.1 Å². The number of carbonyl (C=O) groups excluding carboxylic acids is 2. The first-order valence-corrected chi connectivity index (χ1v) is 16.9. The molecule has 0 aliphatic carbocycles. The van der Waals surface area contributed by atoms with Crippen LogP contribution in [0.5, 0.6) is 11.5 Å². The molecule has 0 unspecified atom stereocenters. The summed E-state index contributed by atoms with van der Waals surface area (Å²) in [5.41, 5.74) is 1.87. The number of hydrogen-bond acceptors (Lipinski definition) is 9. The van der Waals surface area contributed by atoms with Gasteiger partial charge in [0.05, 0.1) is 54.4 Å². The van der Waals surface area contributed by atoms with Gasteiger partial charge >= 0.3 is 0 Å². The topological polar surface area (TPSA) is 112 Å². The molecule has 0 bridgehead atoms. The van der Waals surface area contributed by atoms with E-state index in [1.54, 1.807) is 40.4 Å². The van der Waals surface area contributed by atoms with Crippen molar-refractivity contribution in [2.24, 2.45) is 0 Å². The molecule has 1 amide bonds. The molecule has 0 radical (unpaired) electrons. The van der Waals surface area contributed by atoms with Crippen molar-refractivity contribution < 1.29 is 28.5 Å². The number of carbonyl (C=O) groups is 2. The van der Waals surface area contributed by atoms with E-state index in [2.05, 4.69) is 47.1 Å². The molecule has 0 saturated carbocycles. The van der Waals surface area contributed by atoms with Gasteiger partial charge in [-0.25, -0.2) is 0 Å². The van der Waals surface area contributed by atoms with Crippen LogP contribution in [0, 0.1) is 0 Å². The van der Waals surface area contributed by atoms with Crippen molar-refractivity contribution >= 4 is 99.6 Å². The molecule has 15 heteroatoms. The highest BCUT2D eigenvalue weighted by Crippen LogP contribution is 2.36. The van der Waals surface area contributed by atoms with Crippen molar-refractivity contribution in [2.75, 3.05) is 68.8 Å². The second kappa shape index (κ2) is 20.9. The number of nitrogens with zero attached hydrogens (tertiary/aromatic N) is 3. The SMILES string of the molecule is CNC.COCCCOc1cc2ncc(C(=O)Cl)c(Cl)c2cc1Br.COCCCOc1cc2ncc(C(=O)N(C)C)c(Cl)c2cc1Br. The normalized spacial score (nSPS) is 10.5. The summed E-state index contributed by atoms with van der Waals surface area (Å²) in [5, 5.41) is 4.13. The molecule has 0 aliphatic rings. The molecule has 4 rings (SSSR count). The number of aromatic nitrogens is 2. The van der Waals surface area contributed by atoms with E-state index in [4.69, 9.17) is 53.8 Å². The van der Waals surface area contributed by atoms with Gasteiger partial charge in [0.2, 0.25) is 0 Å². The number of ether oxygens (including phenoxy) is 4. The van der Waals surface area contributed by atoms with Gasteiger partial charge in [-0.05, 0) is 69.7 Å². The first-order chi connectivity index (χ1) is 22.4. The zero-order valence-electron chi connectivity index (χ0n) is 26.9. The molecule has 0 fully saturated rings. The van der Waals surface area contributed by atoms with E-state index in [0.29, 0.717) is 70.3 Å². The van der Waals surface area contributed by atoms with Crippen molar-refractivity contribution in [1.82, 2.24) is 20.2 Å². The van der Waals surface area contributed by atoms with E-state index >= 15 is 0 Å². The van der Waals surface area contributed by atoms with Crippen LogP contribution in [0.3, 0.4) is 0 Å². The molecule has 47 heavy (non-hydrogen) atoms. The van der Waals surface area contributed by atoms with Crippen LogP contribution in [0.25, 0.3) is 21.8 Å². The molecule has 2 aromatic carbocycles. The number of benzene rings is 2. The van der Waals surface area contributed by atoms with Crippen molar-refractivity contribution in [3.63, 3.8) is 0 Å². The third-order valence-corrected chi connectivity index (χ3v) is 8.32. The Balaban J connectivity index is 0.000000303. The van der Waals surface area contributed by atoms with Crippen molar-refractivity contribution in [2.45, 2.75) is 12.8 Å². The van der Waals surface area contributed by atoms with Gasteiger partial charge in [-0.2, -0.15) is 0 Å². The Hall–Kier alpha value is -2.29. The van der Waals surface area contributed by atoms with Crippen LogP contribution in [0.4, 0.5) is 0 Å². The summed E-state index contributed by atoms with van der Waals surface area (Å²) in [6.45, 7) is 2.36. The quantitative estimate of drug-likeness (QED) is 0.112. The highest BCUT2D eigenvalue weighted by Gasteiger charge is 2.18. The van der Waals surface area contributed by atoms with Crippen LogP contribution < -0.4 is 14.8 Å². The fraction of sp³-hybridized carbons (Fsp3) is 0.375. The van der Waals surface area contributed by atoms with Gasteiger partial charge in [-0.15, -0.1) is 0 Å². The van der Waals surface area contributed by atoms with Gasteiger partial charge in [-0.3, -0.25) is 19.6 Å². The lowest BCUT2D eigenvalue weighted by molar-refractivity contribution is 0.0827. The highest BCUT2D eigenvalue weighted by molar-refractivity contribution is 9.11. The minimum Gasteiger partial charge on any atom is -0.492 e. The summed E-state index contributed by atoms with van der Waals surface area (Å²) in [6.07, 6.45) is 4.44. The van der Waals surface area contributed by atoms with E-state index in [-0.39, 0.29) is 16.5 Å². The highest BCUT2D eigenvalue weighted by atomic mass is 79.9. The summed E-state index contributed by atoms with van der Waals surface area (Å²) in [7, 11) is 10.4. The average molecular weight is 840 g/mol. The predicted molar refractivity (Wildman–Crippen MR) is 196 cm³/mol. The van der Waals surface area contributed by atoms with Crippen LogP contribution in [-0.4, -0.2) is 94.9 Å². The third kappa shape index (κ3) is 12.0. The monoisotopic (exact) mass is 836 g/mol. The fourth-order valence-corrected chi connectivity index (χ4v) is 5.52. The van der Waals surface area contributed by atoms with Gasteiger partial charge in [0.1, 0.15) is 11.5 Å². The molecule has 256 valence electrons. The number of fused-ring (bicyclic) bond motifs is 2. The molecular weight excluding hydrogens is 803 g/mol. The van der Waals surface area contributed by atoms with Gasteiger partial charge in [0.15, 0.2) is 0 Å². The second-order valence-corrected chi connectivity index (χ2v) is 12.7. The molecule has 0 atom stereocenters. The first kappa shape index (κ1) is 40.9. The summed E-state index contributed by atoms with van der Waals surface area (Å²) in [4.78, 5) is 33.4. The Morgan fingerprint density at radius 2 is 1.17 bits per heavy atom. The molecule has 0 saturated heterocycles. The Morgan fingerprint density at radius 3 is 1.55 bits per heavy atom. The summed E-state index contributed by atoms with van der Waals surface area (Å²) >= 11 is 24.9. The Labute approximate surface area is 306 Å². The molecule has 0 spiro atoms. The van der Waals surface area contributed by atoms with Crippen molar-refractivity contribution in [1.29, 1.82) is 0 Å². The maximum absolute atomic E-state index is 12.1. The summed E-state index contributed by atoms with van der Waals surface area (Å²) in [6, 6.07) is 7.16. The fourth-order valence-electron chi connectivity index (χ4n) is 3.84. The van der Waals surface area contributed by atoms with Crippen molar-refractivity contribution in [3.8, 4) is 11.5 Å². The predicted octanol–water partition coefficient (Wildman–Crippen LogP) is 8.05. The summed E-state index contributed by atoms with van der Waals surface area (Å²) in [5.74, 6) is 1.16. The molecular formula is C32H37Br2Cl3N4O6. The smallest absolute Gasteiger partial charge is 0.256 e. The zero-order chi connectivity index (χ0) is 35.1. The lowest BCUT2D eigenvalue weighted by Gasteiger charge is -2.14. The van der Waals surface area contributed by atoms with Gasteiger partial charge in [0, 0.05) is 89.7 Å². The van der Waals surface area contributed by atoms with E-state index in [0.717, 1.165) is 21.8 Å². The first-order valence-electron chi connectivity index (χ1n) is 14.2.